The maximum atomic E-state index is 11.1. The van der Waals surface area contributed by atoms with Crippen LogP contribution in [0.4, 0.5) is 0 Å². The molecular weight excluding hydrogens is 216 g/mol. The van der Waals surface area contributed by atoms with Crippen molar-refractivity contribution < 1.29 is 9.90 Å². The molecule has 0 bridgehead atoms. The van der Waals surface area contributed by atoms with Gasteiger partial charge in [0.05, 0.1) is 5.41 Å². The van der Waals surface area contributed by atoms with Gasteiger partial charge in [0.2, 0.25) is 0 Å². The minimum Gasteiger partial charge on any atom is -0.481 e. The summed E-state index contributed by atoms with van der Waals surface area (Å²) >= 11 is 0. The predicted octanol–water partition coefficient (Wildman–Crippen LogP) is 2.40. The van der Waals surface area contributed by atoms with Crippen LogP contribution in [0.25, 0.3) is 0 Å². The fraction of sp³-hybridized carbons (Fsp3) is 0.615. The third-order valence-corrected chi connectivity index (χ3v) is 3.43. The fourth-order valence-electron chi connectivity index (χ4n) is 1.90. The first-order chi connectivity index (χ1) is 7.99. The molecule has 17 heavy (non-hydrogen) atoms. The largest absolute Gasteiger partial charge is 0.481 e. The Morgan fingerprint density at radius 1 is 1.53 bits per heavy atom. The number of rotatable bonds is 4. The molecule has 1 fully saturated rings. The van der Waals surface area contributed by atoms with E-state index in [1.165, 1.54) is 19.3 Å². The summed E-state index contributed by atoms with van der Waals surface area (Å²) in [6.45, 7) is 3.41. The topological polar surface area (TPSA) is 63.1 Å². The van der Waals surface area contributed by atoms with Crippen LogP contribution in [0.2, 0.25) is 0 Å². The number of hydrogen-bond acceptors (Lipinski definition) is 3. The number of carboxylic acid groups (broad SMARTS) is 1. The molecule has 1 aliphatic carbocycles. The highest BCUT2D eigenvalue weighted by atomic mass is 16.4. The molecule has 1 heterocycles. The van der Waals surface area contributed by atoms with Crippen LogP contribution < -0.4 is 0 Å². The van der Waals surface area contributed by atoms with Crippen LogP contribution in [0.1, 0.15) is 50.5 Å². The lowest BCUT2D eigenvalue weighted by atomic mass is 9.82. The van der Waals surface area contributed by atoms with E-state index in [1.54, 1.807) is 20.0 Å². The fourth-order valence-corrected chi connectivity index (χ4v) is 1.90. The summed E-state index contributed by atoms with van der Waals surface area (Å²) in [5.74, 6) is 0.390. The standard InChI is InChI=1S/C13H18N2O2/c1-13(2,12(16)17)8-11-14-7-6-10(15-11)9-4-3-5-9/h6-7,9H,3-5,8H2,1-2H3,(H,16,17). The lowest BCUT2D eigenvalue weighted by molar-refractivity contribution is -0.146. The highest BCUT2D eigenvalue weighted by Gasteiger charge is 2.29. The first-order valence-electron chi connectivity index (χ1n) is 6.04. The normalized spacial score (nSPS) is 16.6. The molecule has 1 aliphatic rings. The van der Waals surface area contributed by atoms with Crippen molar-refractivity contribution in [3.8, 4) is 0 Å². The predicted molar refractivity (Wildman–Crippen MR) is 63.7 cm³/mol. The number of hydrogen-bond donors (Lipinski definition) is 1. The molecule has 4 nitrogen and oxygen atoms in total. The third kappa shape index (κ3) is 2.62. The molecule has 1 N–H and O–H groups in total. The van der Waals surface area contributed by atoms with E-state index < -0.39 is 11.4 Å². The molecule has 1 aromatic rings. The van der Waals surface area contributed by atoms with E-state index in [-0.39, 0.29) is 0 Å². The molecule has 4 heteroatoms. The molecule has 0 spiro atoms. The van der Waals surface area contributed by atoms with E-state index in [2.05, 4.69) is 9.97 Å². The Balaban J connectivity index is 2.13. The third-order valence-electron chi connectivity index (χ3n) is 3.43. The van der Waals surface area contributed by atoms with Gasteiger partial charge in [-0.05, 0) is 32.8 Å². The minimum atomic E-state index is -0.810. The van der Waals surface area contributed by atoms with Crippen molar-refractivity contribution in [2.24, 2.45) is 5.41 Å². The summed E-state index contributed by atoms with van der Waals surface area (Å²) in [6.07, 6.45) is 5.78. The van der Waals surface area contributed by atoms with Crippen LogP contribution in [-0.4, -0.2) is 21.0 Å². The van der Waals surface area contributed by atoms with Gasteiger partial charge in [-0.25, -0.2) is 9.97 Å². The second-order valence-corrected chi connectivity index (χ2v) is 5.39. The molecule has 0 atom stereocenters. The molecule has 2 rings (SSSR count). The summed E-state index contributed by atoms with van der Waals surface area (Å²) in [5, 5.41) is 9.08. The molecule has 0 amide bonds. The molecule has 0 aromatic carbocycles. The smallest absolute Gasteiger partial charge is 0.309 e. The van der Waals surface area contributed by atoms with E-state index in [4.69, 9.17) is 5.11 Å². The van der Waals surface area contributed by atoms with Gasteiger partial charge >= 0.3 is 5.97 Å². The summed E-state index contributed by atoms with van der Waals surface area (Å²) in [6, 6.07) is 1.95. The van der Waals surface area contributed by atoms with Crippen molar-refractivity contribution in [3.63, 3.8) is 0 Å². The second-order valence-electron chi connectivity index (χ2n) is 5.39. The minimum absolute atomic E-state index is 0.378. The summed E-state index contributed by atoms with van der Waals surface area (Å²) in [7, 11) is 0. The Hall–Kier alpha value is -1.45. The first-order valence-corrected chi connectivity index (χ1v) is 6.04. The van der Waals surface area contributed by atoms with E-state index in [0.29, 0.717) is 18.2 Å². The van der Waals surface area contributed by atoms with Crippen molar-refractivity contribution in [1.29, 1.82) is 0 Å². The highest BCUT2D eigenvalue weighted by Crippen LogP contribution is 2.35. The maximum Gasteiger partial charge on any atom is 0.309 e. The van der Waals surface area contributed by atoms with Crippen LogP contribution in [0.3, 0.4) is 0 Å². The van der Waals surface area contributed by atoms with E-state index in [9.17, 15) is 4.79 Å². The van der Waals surface area contributed by atoms with Crippen LogP contribution in [-0.2, 0) is 11.2 Å². The highest BCUT2D eigenvalue weighted by molar-refractivity contribution is 5.73. The monoisotopic (exact) mass is 234 g/mol. The van der Waals surface area contributed by atoms with E-state index in [0.717, 1.165) is 5.69 Å². The van der Waals surface area contributed by atoms with Crippen LogP contribution in [0, 0.1) is 5.41 Å². The Morgan fingerprint density at radius 3 is 2.76 bits per heavy atom. The number of nitrogens with zero attached hydrogens (tertiary/aromatic N) is 2. The first kappa shape index (κ1) is 12.0. The lowest BCUT2D eigenvalue weighted by Crippen LogP contribution is -2.27. The van der Waals surface area contributed by atoms with E-state index >= 15 is 0 Å². The molecule has 1 aromatic heterocycles. The van der Waals surface area contributed by atoms with Crippen LogP contribution >= 0.6 is 0 Å². The zero-order valence-corrected chi connectivity index (χ0v) is 10.3. The van der Waals surface area contributed by atoms with Crippen molar-refractivity contribution in [1.82, 2.24) is 9.97 Å². The van der Waals surface area contributed by atoms with E-state index in [1.807, 2.05) is 6.07 Å². The van der Waals surface area contributed by atoms with Gasteiger partial charge in [0, 0.05) is 24.2 Å². The molecule has 0 radical (unpaired) electrons. The Kier molecular flexibility index (Phi) is 3.13. The molecule has 0 unspecified atom stereocenters. The van der Waals surface area contributed by atoms with Gasteiger partial charge in [-0.1, -0.05) is 6.42 Å². The van der Waals surface area contributed by atoms with Crippen molar-refractivity contribution in [3.05, 3.63) is 23.8 Å². The Bertz CT molecular complexity index is 425. The molecule has 0 aliphatic heterocycles. The number of carbonyl (C=O) groups is 1. The van der Waals surface area contributed by atoms with Gasteiger partial charge in [-0.15, -0.1) is 0 Å². The van der Waals surface area contributed by atoms with Crippen molar-refractivity contribution in [2.45, 2.75) is 45.4 Å². The summed E-state index contributed by atoms with van der Waals surface area (Å²) in [5.41, 5.74) is 0.264. The van der Waals surface area contributed by atoms with Crippen LogP contribution in [0.5, 0.6) is 0 Å². The Labute approximate surface area is 101 Å². The summed E-state index contributed by atoms with van der Waals surface area (Å²) in [4.78, 5) is 19.7. The zero-order valence-electron chi connectivity index (χ0n) is 10.3. The van der Waals surface area contributed by atoms with Gasteiger partial charge in [0.15, 0.2) is 0 Å². The van der Waals surface area contributed by atoms with Gasteiger partial charge in [-0.3, -0.25) is 4.79 Å². The van der Waals surface area contributed by atoms with Crippen molar-refractivity contribution >= 4 is 5.97 Å². The maximum absolute atomic E-state index is 11.1. The van der Waals surface area contributed by atoms with Gasteiger partial charge in [0.1, 0.15) is 5.82 Å². The summed E-state index contributed by atoms with van der Waals surface area (Å²) < 4.78 is 0. The SMILES string of the molecule is CC(C)(Cc1nccc(C2CCC2)n1)C(=O)O. The number of aromatic nitrogens is 2. The quantitative estimate of drug-likeness (QED) is 0.868. The Morgan fingerprint density at radius 2 is 2.24 bits per heavy atom. The number of carboxylic acids is 1. The van der Waals surface area contributed by atoms with Gasteiger partial charge < -0.3 is 5.11 Å². The molecule has 0 saturated heterocycles. The average Bonchev–Trinajstić information content (AvgIpc) is 2.14. The number of aliphatic carboxylic acids is 1. The van der Waals surface area contributed by atoms with Crippen molar-refractivity contribution in [2.75, 3.05) is 0 Å². The molecule has 92 valence electrons. The zero-order chi connectivity index (χ0) is 12.5. The average molecular weight is 234 g/mol. The molecular formula is C13H18N2O2. The lowest BCUT2D eigenvalue weighted by Gasteiger charge is -2.25. The van der Waals surface area contributed by atoms with Gasteiger partial charge in [-0.2, -0.15) is 0 Å². The second kappa shape index (κ2) is 4.43. The van der Waals surface area contributed by atoms with Gasteiger partial charge in [0.25, 0.3) is 0 Å². The molecule has 1 saturated carbocycles. The van der Waals surface area contributed by atoms with Crippen LogP contribution in [0.15, 0.2) is 12.3 Å².